The molecule has 2 atom stereocenters. The van der Waals surface area contributed by atoms with Crippen molar-refractivity contribution >= 4 is 33.0 Å². The molecule has 0 aromatic heterocycles. The number of para-hydroxylation sites is 2. The number of ether oxygens (including phenoxy) is 1. The van der Waals surface area contributed by atoms with Gasteiger partial charge in [0.2, 0.25) is 0 Å². The van der Waals surface area contributed by atoms with Gasteiger partial charge >= 0.3 is 5.91 Å². The number of nitrogens with zero attached hydrogens (tertiary/aromatic N) is 3. The Morgan fingerprint density at radius 1 is 0.971 bits per heavy atom. The van der Waals surface area contributed by atoms with E-state index in [2.05, 4.69) is 11.7 Å². The Morgan fingerprint density at radius 3 is 2.29 bits per heavy atom. The number of fused-ring (bicyclic) bond motifs is 1. The summed E-state index contributed by atoms with van der Waals surface area (Å²) in [5, 5.41) is 5.66. The highest BCUT2D eigenvalue weighted by Crippen LogP contribution is 2.48. The second-order valence-electron chi connectivity index (χ2n) is 8.20. The van der Waals surface area contributed by atoms with Crippen LogP contribution < -0.4 is 9.31 Å². The molecular weight excluding hydrogens is 450 g/mol. The van der Waals surface area contributed by atoms with Crippen molar-refractivity contribution in [3.05, 3.63) is 103 Å². The smallest absolute Gasteiger partial charge is 0.308 e. The van der Waals surface area contributed by atoms with E-state index in [1.807, 2.05) is 13.0 Å². The largest absolute Gasteiger partial charge is 0.329 e. The van der Waals surface area contributed by atoms with Crippen molar-refractivity contribution in [2.45, 2.75) is 30.6 Å². The molecule has 0 unspecified atom stereocenters. The van der Waals surface area contributed by atoms with Crippen molar-refractivity contribution in [1.82, 2.24) is 0 Å². The van der Waals surface area contributed by atoms with Crippen LogP contribution in [0, 0.1) is 6.92 Å². The number of carbonyl (C=O) groups excluding carboxylic acids is 1. The summed E-state index contributed by atoms with van der Waals surface area (Å²) in [5.74, 6) is -0.617. The first kappa shape index (κ1) is 22.1. The second kappa shape index (κ2) is 7.93. The second-order valence-corrected chi connectivity index (χ2v) is 9.98. The molecule has 0 N–H and O–H groups in total. The molecule has 1 amide bonds. The van der Waals surface area contributed by atoms with Gasteiger partial charge in [0.1, 0.15) is 6.10 Å². The fourth-order valence-corrected chi connectivity index (χ4v) is 6.05. The summed E-state index contributed by atoms with van der Waals surface area (Å²) >= 11 is 0. The van der Waals surface area contributed by atoms with E-state index in [0.717, 1.165) is 9.87 Å². The lowest BCUT2D eigenvalue weighted by Crippen LogP contribution is -2.65. The molecule has 1 spiro atoms. The van der Waals surface area contributed by atoms with E-state index in [4.69, 9.17) is 4.74 Å². The van der Waals surface area contributed by atoms with Crippen LogP contribution in [0.4, 0.5) is 11.4 Å². The van der Waals surface area contributed by atoms with Crippen molar-refractivity contribution in [1.29, 1.82) is 0 Å². The van der Waals surface area contributed by atoms with E-state index in [1.54, 1.807) is 73.7 Å². The Morgan fingerprint density at radius 2 is 1.62 bits per heavy atom. The minimum atomic E-state index is -4.24. The van der Waals surface area contributed by atoms with Crippen LogP contribution in [0.1, 0.15) is 24.2 Å². The lowest BCUT2D eigenvalue weighted by molar-refractivity contribution is -0.137. The van der Waals surface area contributed by atoms with E-state index in [9.17, 15) is 13.2 Å². The third kappa shape index (κ3) is 3.10. The lowest BCUT2D eigenvalue weighted by atomic mass is 9.98. The van der Waals surface area contributed by atoms with Gasteiger partial charge in [0.25, 0.3) is 15.7 Å². The number of hydrazone groups is 1. The molecule has 172 valence electrons. The zero-order valence-electron chi connectivity index (χ0n) is 18.8. The van der Waals surface area contributed by atoms with Crippen molar-refractivity contribution in [2.24, 2.45) is 5.10 Å². The summed E-state index contributed by atoms with van der Waals surface area (Å²) in [6.45, 7) is 7.34. The van der Waals surface area contributed by atoms with E-state index in [1.165, 1.54) is 17.1 Å². The Bertz CT molecular complexity index is 1420. The molecule has 0 fully saturated rings. The topological polar surface area (TPSA) is 79.3 Å². The molecule has 3 aromatic rings. The summed E-state index contributed by atoms with van der Waals surface area (Å²) in [4.78, 5) is 14.1. The number of hydrogen-bond donors (Lipinski definition) is 0. The summed E-state index contributed by atoms with van der Waals surface area (Å²) in [6.07, 6.45) is 0.841. The Labute approximate surface area is 198 Å². The highest BCUT2D eigenvalue weighted by atomic mass is 32.2. The standard InChI is InChI=1S/C26H23N3O4S/c1-4-24-22-12-8-9-13-23(22)29(34(31,32)21-16-14-18(2)15-17-21)26(33-24)19(3)27-28(25(26)30)20-10-6-5-7-11-20/h4-17,24H,1H2,2-3H3/t24-,26-/m0/s1. The molecule has 7 nitrogen and oxygen atoms in total. The molecule has 0 radical (unpaired) electrons. The van der Waals surface area contributed by atoms with E-state index < -0.39 is 27.8 Å². The number of hydrogen-bond acceptors (Lipinski definition) is 5. The number of rotatable bonds is 4. The highest BCUT2D eigenvalue weighted by Gasteiger charge is 2.63. The first-order valence-corrected chi connectivity index (χ1v) is 12.2. The van der Waals surface area contributed by atoms with Gasteiger partial charge < -0.3 is 4.74 Å². The first-order valence-electron chi connectivity index (χ1n) is 10.8. The van der Waals surface area contributed by atoms with Crippen LogP contribution in [0.15, 0.2) is 102 Å². The molecule has 3 aromatic carbocycles. The van der Waals surface area contributed by atoms with Gasteiger partial charge in [-0.05, 0) is 44.2 Å². The molecule has 0 bridgehead atoms. The molecule has 8 heteroatoms. The maximum atomic E-state index is 14.1. The van der Waals surface area contributed by atoms with Gasteiger partial charge in [-0.15, -0.1) is 6.58 Å². The number of amides is 1. The van der Waals surface area contributed by atoms with E-state index in [-0.39, 0.29) is 10.6 Å². The zero-order chi connectivity index (χ0) is 24.1. The van der Waals surface area contributed by atoms with Crippen molar-refractivity contribution in [2.75, 3.05) is 9.31 Å². The molecule has 0 saturated heterocycles. The lowest BCUT2D eigenvalue weighted by Gasteiger charge is -2.46. The first-order chi connectivity index (χ1) is 16.3. The summed E-state index contributed by atoms with van der Waals surface area (Å²) in [5.41, 5.74) is 0.565. The predicted octanol–water partition coefficient (Wildman–Crippen LogP) is 4.57. The maximum Gasteiger partial charge on any atom is 0.308 e. The molecule has 2 heterocycles. The molecule has 0 saturated carbocycles. The quantitative estimate of drug-likeness (QED) is 0.520. The number of benzene rings is 3. The molecule has 5 rings (SSSR count). The van der Waals surface area contributed by atoms with Gasteiger partial charge in [0, 0.05) is 5.56 Å². The minimum absolute atomic E-state index is 0.0479. The van der Waals surface area contributed by atoms with Crippen molar-refractivity contribution < 1.29 is 17.9 Å². The molecule has 34 heavy (non-hydrogen) atoms. The Balaban J connectivity index is 1.77. The third-order valence-electron chi connectivity index (χ3n) is 6.04. The number of sulfonamides is 1. The van der Waals surface area contributed by atoms with Gasteiger partial charge in [0.05, 0.1) is 22.0 Å². The van der Waals surface area contributed by atoms with E-state index >= 15 is 0 Å². The number of aryl methyl sites for hydroxylation is 1. The average molecular weight is 474 g/mol. The van der Waals surface area contributed by atoms with Crippen molar-refractivity contribution in [3.63, 3.8) is 0 Å². The van der Waals surface area contributed by atoms with Crippen LogP contribution in [0.2, 0.25) is 0 Å². The van der Waals surface area contributed by atoms with Gasteiger partial charge in [-0.3, -0.25) is 4.79 Å². The average Bonchev–Trinajstić information content (AvgIpc) is 3.09. The van der Waals surface area contributed by atoms with E-state index in [0.29, 0.717) is 16.9 Å². The van der Waals surface area contributed by atoms with Crippen LogP contribution in [0.25, 0.3) is 0 Å². The van der Waals surface area contributed by atoms with Crippen LogP contribution in [-0.2, 0) is 19.6 Å². The summed E-state index contributed by atoms with van der Waals surface area (Å²) in [6, 6.07) is 22.3. The van der Waals surface area contributed by atoms with Gasteiger partial charge in [-0.1, -0.05) is 60.2 Å². The predicted molar refractivity (Wildman–Crippen MR) is 131 cm³/mol. The molecule has 2 aliphatic rings. The zero-order valence-corrected chi connectivity index (χ0v) is 19.6. The SMILES string of the molecule is C=C[C@@H]1O[C@@]2(C(=O)N(c3ccccc3)N=C2C)N(S(=O)(=O)c2ccc(C)cc2)c2ccccc21. The van der Waals surface area contributed by atoms with Crippen molar-refractivity contribution in [3.8, 4) is 0 Å². The van der Waals surface area contributed by atoms with Gasteiger partial charge in [-0.2, -0.15) is 10.1 Å². The fourth-order valence-electron chi connectivity index (χ4n) is 4.34. The fraction of sp³-hybridized carbons (Fsp3) is 0.154. The molecular formula is C26H23N3O4S. The van der Waals surface area contributed by atoms with Gasteiger partial charge in [0.15, 0.2) is 0 Å². The summed E-state index contributed by atoms with van der Waals surface area (Å²) < 4.78 is 35.7. The highest BCUT2D eigenvalue weighted by molar-refractivity contribution is 7.93. The maximum absolute atomic E-state index is 14.1. The summed E-state index contributed by atoms with van der Waals surface area (Å²) in [7, 11) is -4.24. The normalized spacial score (nSPS) is 22.0. The Hall–Kier alpha value is -3.75. The van der Waals surface area contributed by atoms with Crippen LogP contribution in [0.3, 0.4) is 0 Å². The Kier molecular flexibility index (Phi) is 5.15. The van der Waals surface area contributed by atoms with Gasteiger partial charge in [-0.25, -0.2) is 12.7 Å². The number of anilines is 2. The molecule has 2 aliphatic heterocycles. The monoisotopic (exact) mass is 473 g/mol. The van der Waals surface area contributed by atoms with Crippen LogP contribution >= 0.6 is 0 Å². The number of carbonyl (C=O) groups is 1. The van der Waals surface area contributed by atoms with Crippen LogP contribution in [0.5, 0.6) is 0 Å². The minimum Gasteiger partial charge on any atom is -0.329 e. The third-order valence-corrected chi connectivity index (χ3v) is 7.84. The van der Waals surface area contributed by atoms with Crippen LogP contribution in [-0.4, -0.2) is 25.8 Å². The molecule has 0 aliphatic carbocycles.